The SMILES string of the molecule is CNC(=O)c1cnc(Nc2cc(C(F)F)cc(NCc3ccc(C)c(C)c3)n2)cc1N[C@H]1C[C@H]1F. The smallest absolute Gasteiger partial charge is 0.264 e. The van der Waals surface area contributed by atoms with E-state index in [9.17, 15) is 18.0 Å². The van der Waals surface area contributed by atoms with Crippen molar-refractivity contribution in [3.05, 3.63) is 70.4 Å². The Morgan fingerprint density at radius 1 is 1.09 bits per heavy atom. The minimum absolute atomic E-state index is 0.159. The zero-order chi connectivity index (χ0) is 25.1. The van der Waals surface area contributed by atoms with Crippen molar-refractivity contribution in [1.29, 1.82) is 0 Å². The molecule has 1 fully saturated rings. The van der Waals surface area contributed by atoms with Crippen LogP contribution in [0.5, 0.6) is 0 Å². The van der Waals surface area contributed by atoms with Gasteiger partial charge in [-0.3, -0.25) is 4.79 Å². The van der Waals surface area contributed by atoms with Gasteiger partial charge in [-0.15, -0.1) is 0 Å². The van der Waals surface area contributed by atoms with E-state index in [4.69, 9.17) is 0 Å². The van der Waals surface area contributed by atoms with Crippen molar-refractivity contribution in [3.63, 3.8) is 0 Å². The second kappa shape index (κ2) is 10.2. The third-order valence-electron chi connectivity index (χ3n) is 5.83. The van der Waals surface area contributed by atoms with Gasteiger partial charge < -0.3 is 21.3 Å². The minimum atomic E-state index is -2.70. The van der Waals surface area contributed by atoms with Gasteiger partial charge in [-0.05, 0) is 42.7 Å². The predicted molar refractivity (Wildman–Crippen MR) is 130 cm³/mol. The lowest BCUT2D eigenvalue weighted by Gasteiger charge is -2.15. The maximum absolute atomic E-state index is 13.6. The Morgan fingerprint density at radius 3 is 2.49 bits per heavy atom. The van der Waals surface area contributed by atoms with Crippen LogP contribution in [0.25, 0.3) is 0 Å². The molecule has 4 N–H and O–H groups in total. The molecule has 0 bridgehead atoms. The quantitative estimate of drug-likeness (QED) is 0.331. The molecule has 0 unspecified atom stereocenters. The summed E-state index contributed by atoms with van der Waals surface area (Å²) in [5, 5.41) is 11.5. The third kappa shape index (κ3) is 6.00. The largest absolute Gasteiger partial charge is 0.378 e. The first kappa shape index (κ1) is 24.3. The molecule has 184 valence electrons. The van der Waals surface area contributed by atoms with Crippen LogP contribution >= 0.6 is 0 Å². The second-order valence-electron chi connectivity index (χ2n) is 8.57. The van der Waals surface area contributed by atoms with Crippen molar-refractivity contribution in [1.82, 2.24) is 15.3 Å². The molecule has 2 heterocycles. The summed E-state index contributed by atoms with van der Waals surface area (Å²) in [5.74, 6) is 0.335. The Morgan fingerprint density at radius 2 is 1.83 bits per heavy atom. The number of benzene rings is 1. The van der Waals surface area contributed by atoms with E-state index >= 15 is 0 Å². The molecule has 0 spiro atoms. The first-order chi connectivity index (χ1) is 16.7. The van der Waals surface area contributed by atoms with E-state index in [1.165, 1.54) is 37.0 Å². The van der Waals surface area contributed by atoms with Gasteiger partial charge in [-0.1, -0.05) is 18.2 Å². The number of hydrogen-bond acceptors (Lipinski definition) is 6. The fraction of sp³-hybridized carbons (Fsp3) is 0.320. The maximum atomic E-state index is 13.6. The van der Waals surface area contributed by atoms with Crippen LogP contribution < -0.4 is 21.3 Å². The number of pyridine rings is 2. The van der Waals surface area contributed by atoms with Crippen molar-refractivity contribution < 1.29 is 18.0 Å². The van der Waals surface area contributed by atoms with Crippen molar-refractivity contribution in [2.24, 2.45) is 0 Å². The number of carbonyl (C=O) groups is 1. The normalized spacial score (nSPS) is 16.7. The molecule has 4 rings (SSSR count). The number of aromatic nitrogens is 2. The average Bonchev–Trinajstić information content (AvgIpc) is 3.53. The molecule has 1 aliphatic rings. The van der Waals surface area contributed by atoms with Crippen LogP contribution in [-0.4, -0.2) is 35.1 Å². The van der Waals surface area contributed by atoms with Crippen LogP contribution in [0.3, 0.4) is 0 Å². The Hall–Kier alpha value is -3.82. The number of amides is 1. The summed E-state index contributed by atoms with van der Waals surface area (Å²) in [6.07, 6.45) is -1.98. The number of carbonyl (C=O) groups excluding carboxylic acids is 1. The molecule has 1 amide bonds. The van der Waals surface area contributed by atoms with Gasteiger partial charge in [0, 0.05) is 37.8 Å². The number of rotatable bonds is 9. The van der Waals surface area contributed by atoms with Crippen molar-refractivity contribution >= 4 is 29.0 Å². The van der Waals surface area contributed by atoms with Gasteiger partial charge in [0.25, 0.3) is 12.3 Å². The summed E-state index contributed by atoms with van der Waals surface area (Å²) in [6, 6.07) is 9.72. The summed E-state index contributed by atoms with van der Waals surface area (Å²) in [5.41, 5.74) is 3.75. The maximum Gasteiger partial charge on any atom is 0.264 e. The molecule has 10 heteroatoms. The summed E-state index contributed by atoms with van der Waals surface area (Å²) in [6.45, 7) is 4.45. The molecule has 2 atom stereocenters. The Kier molecular flexibility index (Phi) is 7.09. The highest BCUT2D eigenvalue weighted by Crippen LogP contribution is 2.32. The van der Waals surface area contributed by atoms with Crippen LogP contribution in [0.1, 0.15) is 45.5 Å². The zero-order valence-corrected chi connectivity index (χ0v) is 19.6. The number of anilines is 4. The zero-order valence-electron chi connectivity index (χ0n) is 19.6. The number of nitrogens with one attached hydrogen (secondary N) is 4. The van der Waals surface area contributed by atoms with Gasteiger partial charge in [-0.2, -0.15) is 0 Å². The van der Waals surface area contributed by atoms with Gasteiger partial charge in [0.1, 0.15) is 23.6 Å². The average molecular weight is 485 g/mol. The highest BCUT2D eigenvalue weighted by Gasteiger charge is 2.38. The third-order valence-corrected chi connectivity index (χ3v) is 5.83. The van der Waals surface area contributed by atoms with E-state index in [1.54, 1.807) is 0 Å². The molecule has 0 radical (unpaired) electrons. The lowest BCUT2D eigenvalue weighted by atomic mass is 10.1. The molecule has 2 aromatic heterocycles. The number of aryl methyl sites for hydroxylation is 2. The van der Waals surface area contributed by atoms with E-state index in [0.717, 1.165) is 11.1 Å². The molecule has 0 saturated heterocycles. The molecule has 1 aliphatic carbocycles. The van der Waals surface area contributed by atoms with Gasteiger partial charge in [-0.25, -0.2) is 23.1 Å². The minimum Gasteiger partial charge on any atom is -0.378 e. The van der Waals surface area contributed by atoms with Crippen molar-refractivity contribution in [2.75, 3.05) is 23.0 Å². The fourth-order valence-corrected chi connectivity index (χ4v) is 3.54. The monoisotopic (exact) mass is 484 g/mol. The molecule has 0 aliphatic heterocycles. The van der Waals surface area contributed by atoms with E-state index in [-0.39, 0.29) is 40.5 Å². The van der Waals surface area contributed by atoms with Crippen LogP contribution in [0.2, 0.25) is 0 Å². The fourth-order valence-electron chi connectivity index (χ4n) is 3.54. The first-order valence-electron chi connectivity index (χ1n) is 11.2. The summed E-state index contributed by atoms with van der Waals surface area (Å²) in [7, 11) is 1.49. The standard InChI is InChI=1S/C25H27F3N6O/c1-13-4-5-15(6-14(13)2)11-30-21-7-16(24(27)28)8-23(33-21)34-22-10-19(32-20-9-18(20)26)17(12-31-22)25(35)29-3/h4-8,10,12,18,20,24H,9,11H2,1-3H3,(H,29,35)(H3,30,31,32,33,34)/t18-,20+/m1/s1. The number of nitrogens with zero attached hydrogens (tertiary/aromatic N) is 2. The predicted octanol–water partition coefficient (Wildman–Crippen LogP) is 5.27. The Bertz CT molecular complexity index is 1240. The van der Waals surface area contributed by atoms with Crippen LogP contribution in [0.15, 0.2) is 42.6 Å². The molecule has 1 aromatic carbocycles. The number of hydrogen-bond donors (Lipinski definition) is 4. The second-order valence-corrected chi connectivity index (χ2v) is 8.57. The summed E-state index contributed by atoms with van der Waals surface area (Å²) < 4.78 is 40.6. The molecule has 1 saturated carbocycles. The van der Waals surface area contributed by atoms with Gasteiger partial charge in [0.05, 0.1) is 17.3 Å². The Balaban J connectivity index is 1.56. The van der Waals surface area contributed by atoms with Crippen molar-refractivity contribution in [2.45, 2.75) is 45.5 Å². The van der Waals surface area contributed by atoms with E-state index in [1.807, 2.05) is 32.0 Å². The molecule has 3 aromatic rings. The van der Waals surface area contributed by atoms with Gasteiger partial charge in [0.2, 0.25) is 0 Å². The van der Waals surface area contributed by atoms with Crippen molar-refractivity contribution in [3.8, 4) is 0 Å². The highest BCUT2D eigenvalue weighted by molar-refractivity contribution is 5.99. The van der Waals surface area contributed by atoms with Gasteiger partial charge >= 0.3 is 0 Å². The summed E-state index contributed by atoms with van der Waals surface area (Å²) >= 11 is 0. The molecular weight excluding hydrogens is 457 g/mol. The Labute approximate surface area is 201 Å². The summed E-state index contributed by atoms with van der Waals surface area (Å²) in [4.78, 5) is 20.8. The highest BCUT2D eigenvalue weighted by atomic mass is 19.3. The number of alkyl halides is 3. The van der Waals surface area contributed by atoms with Crippen LogP contribution in [0.4, 0.5) is 36.3 Å². The van der Waals surface area contributed by atoms with Crippen LogP contribution in [-0.2, 0) is 6.54 Å². The van der Waals surface area contributed by atoms with E-state index < -0.39 is 12.6 Å². The molecule has 7 nitrogen and oxygen atoms in total. The molecular formula is C25H27F3N6O. The lowest BCUT2D eigenvalue weighted by Crippen LogP contribution is -2.21. The molecule has 35 heavy (non-hydrogen) atoms. The topological polar surface area (TPSA) is 91.0 Å². The lowest BCUT2D eigenvalue weighted by molar-refractivity contribution is 0.0963. The van der Waals surface area contributed by atoms with Gasteiger partial charge in [0.15, 0.2) is 0 Å². The number of halogens is 3. The first-order valence-corrected chi connectivity index (χ1v) is 11.2. The van der Waals surface area contributed by atoms with Crippen LogP contribution in [0, 0.1) is 13.8 Å². The van der Waals surface area contributed by atoms with E-state index in [0.29, 0.717) is 18.7 Å². The van der Waals surface area contributed by atoms with E-state index in [2.05, 4.69) is 31.2 Å².